The number of halogens is 1. The number of hydrogen-bond donors (Lipinski definition) is 0. The van der Waals surface area contributed by atoms with Gasteiger partial charge in [0.05, 0.1) is 11.7 Å². The molecule has 2 nitrogen and oxygen atoms in total. The summed E-state index contributed by atoms with van der Waals surface area (Å²) in [4.78, 5) is 7.24. The summed E-state index contributed by atoms with van der Waals surface area (Å²) in [7, 11) is 0. The lowest BCUT2D eigenvalue weighted by molar-refractivity contribution is 0.693. The molecule has 2 aromatic carbocycles. The van der Waals surface area contributed by atoms with E-state index in [4.69, 9.17) is 16.6 Å². The molecule has 0 aromatic heterocycles. The highest BCUT2D eigenvalue weighted by Gasteiger charge is 2.33. The molecule has 0 saturated carbocycles. The van der Waals surface area contributed by atoms with Crippen LogP contribution in [0.3, 0.4) is 0 Å². The Kier molecular flexibility index (Phi) is 2.61. The van der Waals surface area contributed by atoms with E-state index in [1.165, 1.54) is 22.4 Å². The zero-order valence-electron chi connectivity index (χ0n) is 11.3. The van der Waals surface area contributed by atoms with Gasteiger partial charge in [-0.25, -0.2) is 0 Å². The van der Waals surface area contributed by atoms with Gasteiger partial charge in [0, 0.05) is 22.7 Å². The third kappa shape index (κ3) is 1.61. The maximum absolute atomic E-state index is 6.19. The largest absolute Gasteiger partial charge is 0.323 e. The molecule has 100 valence electrons. The molecule has 1 unspecified atom stereocenters. The minimum Gasteiger partial charge on any atom is -0.323 e. The highest BCUT2D eigenvalue weighted by molar-refractivity contribution is 6.31. The molecule has 2 aliphatic rings. The molecule has 2 aliphatic heterocycles. The summed E-state index contributed by atoms with van der Waals surface area (Å²) in [6.07, 6.45) is 1.07. The van der Waals surface area contributed by atoms with Gasteiger partial charge in [0.2, 0.25) is 0 Å². The lowest BCUT2D eigenvalue weighted by Crippen LogP contribution is -2.32. The zero-order chi connectivity index (χ0) is 13.7. The van der Waals surface area contributed by atoms with E-state index >= 15 is 0 Å². The molecule has 2 aromatic rings. The lowest BCUT2D eigenvalue weighted by atomic mass is 9.93. The first-order valence-electron chi connectivity index (χ1n) is 7.02. The molecule has 4 rings (SSSR count). The van der Waals surface area contributed by atoms with Crippen LogP contribution in [0.15, 0.2) is 47.5 Å². The molecule has 0 aliphatic carbocycles. The van der Waals surface area contributed by atoms with Crippen molar-refractivity contribution < 1.29 is 0 Å². The van der Waals surface area contributed by atoms with E-state index in [2.05, 4.69) is 48.2 Å². The van der Waals surface area contributed by atoms with Gasteiger partial charge < -0.3 is 4.90 Å². The summed E-state index contributed by atoms with van der Waals surface area (Å²) in [6.45, 7) is 3.16. The van der Waals surface area contributed by atoms with Crippen molar-refractivity contribution in [1.29, 1.82) is 0 Å². The van der Waals surface area contributed by atoms with Crippen LogP contribution in [0.5, 0.6) is 0 Å². The molecular weight excluding hydrogens is 268 g/mol. The number of hydrogen-bond acceptors (Lipinski definition) is 2. The predicted molar refractivity (Wildman–Crippen MR) is 84.9 cm³/mol. The second kappa shape index (κ2) is 4.35. The van der Waals surface area contributed by atoms with Crippen LogP contribution in [0.2, 0.25) is 5.02 Å². The van der Waals surface area contributed by atoms with Crippen LogP contribution in [-0.4, -0.2) is 18.4 Å². The average Bonchev–Trinajstić information content (AvgIpc) is 2.92. The number of anilines is 1. The third-order valence-corrected chi connectivity index (χ3v) is 4.37. The van der Waals surface area contributed by atoms with Gasteiger partial charge in [0.1, 0.15) is 5.84 Å². The molecule has 20 heavy (non-hydrogen) atoms. The van der Waals surface area contributed by atoms with Crippen LogP contribution >= 0.6 is 11.6 Å². The Morgan fingerprint density at radius 2 is 1.95 bits per heavy atom. The Hall–Kier alpha value is -1.80. The van der Waals surface area contributed by atoms with Gasteiger partial charge in [-0.15, -0.1) is 0 Å². The van der Waals surface area contributed by atoms with E-state index in [0.717, 1.165) is 23.8 Å². The van der Waals surface area contributed by atoms with Crippen LogP contribution in [0, 0.1) is 0 Å². The summed E-state index contributed by atoms with van der Waals surface area (Å²) in [5, 5.41) is 0.783. The van der Waals surface area contributed by atoms with Crippen LogP contribution < -0.4 is 4.90 Å². The summed E-state index contributed by atoms with van der Waals surface area (Å²) in [5.41, 5.74) is 4.89. The van der Waals surface area contributed by atoms with Gasteiger partial charge in [-0.1, -0.05) is 42.8 Å². The fraction of sp³-hybridized carbons (Fsp3) is 0.235. The summed E-state index contributed by atoms with van der Waals surface area (Å²) >= 11 is 6.19. The predicted octanol–water partition coefficient (Wildman–Crippen LogP) is 4.37. The van der Waals surface area contributed by atoms with Crippen molar-refractivity contribution in [1.82, 2.24) is 0 Å². The topological polar surface area (TPSA) is 15.6 Å². The highest BCUT2D eigenvalue weighted by Crippen LogP contribution is 2.42. The van der Waals surface area contributed by atoms with Crippen molar-refractivity contribution in [3.63, 3.8) is 0 Å². The van der Waals surface area contributed by atoms with E-state index < -0.39 is 0 Å². The number of amidine groups is 1. The molecule has 0 fully saturated rings. The fourth-order valence-electron chi connectivity index (χ4n) is 3.10. The maximum Gasteiger partial charge on any atom is 0.136 e. The average molecular weight is 283 g/mol. The SMILES string of the molecule is CCC1CN2C(=N1)c1ccccc1-c1cc(Cl)ccc12. The van der Waals surface area contributed by atoms with Crippen LogP contribution in [-0.2, 0) is 0 Å². The molecule has 0 radical (unpaired) electrons. The zero-order valence-corrected chi connectivity index (χ0v) is 12.1. The Balaban J connectivity index is 2.00. The van der Waals surface area contributed by atoms with Gasteiger partial charge in [-0.2, -0.15) is 0 Å². The van der Waals surface area contributed by atoms with E-state index in [1.807, 2.05) is 6.07 Å². The van der Waals surface area contributed by atoms with Gasteiger partial charge >= 0.3 is 0 Å². The number of fused-ring (bicyclic) bond motifs is 6. The first kappa shape index (κ1) is 12.0. The molecule has 2 heterocycles. The van der Waals surface area contributed by atoms with Crippen molar-refractivity contribution in [2.75, 3.05) is 11.4 Å². The van der Waals surface area contributed by atoms with Crippen molar-refractivity contribution >= 4 is 23.1 Å². The number of nitrogens with zero attached hydrogens (tertiary/aromatic N) is 2. The van der Waals surface area contributed by atoms with Gasteiger partial charge in [-0.05, 0) is 30.2 Å². The molecule has 3 heteroatoms. The van der Waals surface area contributed by atoms with Crippen molar-refractivity contribution in [2.24, 2.45) is 4.99 Å². The van der Waals surface area contributed by atoms with E-state index in [9.17, 15) is 0 Å². The minimum atomic E-state index is 0.389. The van der Waals surface area contributed by atoms with Crippen LogP contribution in [0.1, 0.15) is 18.9 Å². The molecule has 0 amide bonds. The fourth-order valence-corrected chi connectivity index (χ4v) is 3.27. The minimum absolute atomic E-state index is 0.389. The monoisotopic (exact) mass is 282 g/mol. The van der Waals surface area contributed by atoms with Gasteiger partial charge in [-0.3, -0.25) is 4.99 Å². The standard InChI is InChI=1S/C17H15ClN2/c1-2-12-10-20-16-8-7-11(18)9-15(16)13-5-3-4-6-14(13)17(20)19-12/h3-9,12H,2,10H2,1H3. The molecule has 0 saturated heterocycles. The first-order chi connectivity index (χ1) is 9.78. The van der Waals surface area contributed by atoms with Crippen molar-refractivity contribution in [2.45, 2.75) is 19.4 Å². The Bertz CT molecular complexity index is 721. The van der Waals surface area contributed by atoms with Crippen molar-refractivity contribution in [3.8, 4) is 11.1 Å². The smallest absolute Gasteiger partial charge is 0.136 e. The third-order valence-electron chi connectivity index (χ3n) is 4.13. The van der Waals surface area contributed by atoms with Crippen molar-refractivity contribution in [3.05, 3.63) is 53.1 Å². The Morgan fingerprint density at radius 1 is 1.15 bits per heavy atom. The number of aliphatic imine (C=N–C) groups is 1. The second-order valence-corrected chi connectivity index (χ2v) is 5.77. The van der Waals surface area contributed by atoms with Crippen LogP contribution in [0.4, 0.5) is 5.69 Å². The van der Waals surface area contributed by atoms with Gasteiger partial charge in [0.25, 0.3) is 0 Å². The quantitative estimate of drug-likeness (QED) is 0.758. The molecule has 0 spiro atoms. The van der Waals surface area contributed by atoms with Gasteiger partial charge in [0.15, 0.2) is 0 Å². The maximum atomic E-state index is 6.19. The van der Waals surface area contributed by atoms with E-state index in [1.54, 1.807) is 0 Å². The highest BCUT2D eigenvalue weighted by atomic mass is 35.5. The molecular formula is C17H15ClN2. The summed E-state index contributed by atoms with van der Waals surface area (Å²) in [6, 6.07) is 15.0. The molecule has 0 N–H and O–H groups in total. The Labute approximate surface area is 123 Å². The second-order valence-electron chi connectivity index (χ2n) is 5.33. The summed E-state index contributed by atoms with van der Waals surface area (Å²) in [5.74, 6) is 1.11. The lowest BCUT2D eigenvalue weighted by Gasteiger charge is -2.30. The van der Waals surface area contributed by atoms with E-state index in [-0.39, 0.29) is 0 Å². The molecule has 0 bridgehead atoms. The Morgan fingerprint density at radius 3 is 2.75 bits per heavy atom. The number of benzene rings is 2. The first-order valence-corrected chi connectivity index (χ1v) is 7.40. The normalized spacial score (nSPS) is 19.2. The van der Waals surface area contributed by atoms with E-state index in [0.29, 0.717) is 6.04 Å². The number of rotatable bonds is 1. The molecule has 1 atom stereocenters. The van der Waals surface area contributed by atoms with Crippen LogP contribution in [0.25, 0.3) is 11.1 Å². The summed E-state index contributed by atoms with van der Waals surface area (Å²) < 4.78 is 0.